The summed E-state index contributed by atoms with van der Waals surface area (Å²) in [5, 5.41) is 0. The maximum atomic E-state index is 2.40. The van der Waals surface area contributed by atoms with Crippen LogP contribution in [0.15, 0.2) is 0 Å². The van der Waals surface area contributed by atoms with E-state index in [2.05, 4.69) is 25.3 Å². The Morgan fingerprint density at radius 2 is 2.38 bits per heavy atom. The first kappa shape index (κ1) is 5.96. The Labute approximate surface area is 51.7 Å². The van der Waals surface area contributed by atoms with E-state index in [1.165, 1.54) is 19.4 Å². The lowest BCUT2D eigenvalue weighted by Gasteiger charge is -2.08. The molecule has 1 atom stereocenters. The topological polar surface area (TPSA) is 3.24 Å². The Morgan fingerprint density at radius 1 is 1.62 bits per heavy atom. The first-order valence-corrected chi connectivity index (χ1v) is 3.34. The lowest BCUT2D eigenvalue weighted by atomic mass is 10.2. The fraction of sp³-hybridized carbons (Fsp3) is 0.857. The Kier molecular flexibility index (Phi) is 1.79. The summed E-state index contributed by atoms with van der Waals surface area (Å²) in [5.41, 5.74) is 0. The molecule has 0 aliphatic carbocycles. The van der Waals surface area contributed by atoms with Crippen molar-refractivity contribution in [1.82, 2.24) is 4.90 Å². The number of hydrogen-bond donors (Lipinski definition) is 0. The van der Waals surface area contributed by atoms with Gasteiger partial charge in [-0.25, -0.2) is 0 Å². The molecule has 1 nitrogen and oxygen atoms in total. The third-order valence-electron chi connectivity index (χ3n) is 1.96. The fourth-order valence-corrected chi connectivity index (χ4v) is 1.36. The number of rotatable bonds is 1. The summed E-state index contributed by atoms with van der Waals surface area (Å²) in [5.74, 6) is 0. The van der Waals surface area contributed by atoms with E-state index in [0.717, 1.165) is 6.04 Å². The Bertz CT molecular complexity index is 70.8. The molecule has 0 aromatic heterocycles. The largest absolute Gasteiger partial charge is 0.266 e. The van der Waals surface area contributed by atoms with Gasteiger partial charge in [0.2, 0.25) is 0 Å². The van der Waals surface area contributed by atoms with Gasteiger partial charge < -0.3 is 0 Å². The minimum atomic E-state index is 0.773. The third-order valence-corrected chi connectivity index (χ3v) is 1.96. The van der Waals surface area contributed by atoms with Crippen LogP contribution in [0, 0.1) is 6.42 Å². The van der Waals surface area contributed by atoms with E-state index < -0.39 is 0 Å². The third kappa shape index (κ3) is 0.972. The fourth-order valence-electron chi connectivity index (χ4n) is 1.36. The van der Waals surface area contributed by atoms with Crippen molar-refractivity contribution in [3.05, 3.63) is 6.42 Å². The van der Waals surface area contributed by atoms with Gasteiger partial charge >= 0.3 is 0 Å². The van der Waals surface area contributed by atoms with E-state index >= 15 is 0 Å². The summed E-state index contributed by atoms with van der Waals surface area (Å²) < 4.78 is 0. The van der Waals surface area contributed by atoms with Crippen LogP contribution in [0.1, 0.15) is 19.8 Å². The molecule has 46 valence electrons. The number of hydrogen-bond acceptors (Lipinski definition) is 1. The van der Waals surface area contributed by atoms with Crippen molar-refractivity contribution in [3.8, 4) is 0 Å². The molecule has 0 saturated carbocycles. The van der Waals surface area contributed by atoms with Gasteiger partial charge in [-0.1, -0.05) is 0 Å². The highest BCUT2D eigenvalue weighted by molar-refractivity contribution is 4.84. The maximum absolute atomic E-state index is 2.40. The van der Waals surface area contributed by atoms with E-state index in [-0.39, 0.29) is 0 Å². The van der Waals surface area contributed by atoms with Crippen LogP contribution in [-0.2, 0) is 0 Å². The minimum Gasteiger partial charge on any atom is -0.266 e. The molecule has 0 N–H and O–H groups in total. The average molecular weight is 112 g/mol. The second-order valence-corrected chi connectivity index (χ2v) is 2.52. The predicted molar refractivity (Wildman–Crippen MR) is 35.6 cm³/mol. The lowest BCUT2D eigenvalue weighted by Crippen LogP contribution is -2.23. The second-order valence-electron chi connectivity index (χ2n) is 2.52. The van der Waals surface area contributed by atoms with E-state index in [1.54, 1.807) is 0 Å². The van der Waals surface area contributed by atoms with Crippen LogP contribution in [0.4, 0.5) is 0 Å². The molecule has 1 aliphatic rings. The molecular formula is C7H14N+. The average Bonchev–Trinajstić information content (AvgIpc) is 2.14. The summed E-state index contributed by atoms with van der Waals surface area (Å²) >= 11 is 0. The SMILES string of the molecule is C[CH+]C1CCCN1C. The van der Waals surface area contributed by atoms with Crippen molar-refractivity contribution < 1.29 is 0 Å². The van der Waals surface area contributed by atoms with Gasteiger partial charge in [0.15, 0.2) is 6.04 Å². The molecule has 0 bridgehead atoms. The van der Waals surface area contributed by atoms with Gasteiger partial charge in [0, 0.05) is 13.0 Å². The first-order chi connectivity index (χ1) is 3.84. The Morgan fingerprint density at radius 3 is 2.62 bits per heavy atom. The van der Waals surface area contributed by atoms with Crippen LogP contribution in [0.5, 0.6) is 0 Å². The molecule has 1 saturated heterocycles. The van der Waals surface area contributed by atoms with Crippen molar-refractivity contribution in [2.24, 2.45) is 0 Å². The summed E-state index contributed by atoms with van der Waals surface area (Å²) in [6, 6.07) is 0.773. The quantitative estimate of drug-likeness (QED) is 0.462. The van der Waals surface area contributed by atoms with Gasteiger partial charge in [0.25, 0.3) is 0 Å². The minimum absolute atomic E-state index is 0.773. The van der Waals surface area contributed by atoms with Crippen LogP contribution in [0.3, 0.4) is 0 Å². The predicted octanol–water partition coefficient (Wildman–Crippen LogP) is 1.30. The van der Waals surface area contributed by atoms with E-state index in [4.69, 9.17) is 0 Å². The molecule has 0 amide bonds. The molecule has 0 aromatic rings. The van der Waals surface area contributed by atoms with Crippen molar-refractivity contribution in [2.45, 2.75) is 25.8 Å². The molecule has 1 fully saturated rings. The summed E-state index contributed by atoms with van der Waals surface area (Å²) in [7, 11) is 2.19. The van der Waals surface area contributed by atoms with E-state index in [1.807, 2.05) is 0 Å². The number of nitrogens with zero attached hydrogens (tertiary/aromatic N) is 1. The van der Waals surface area contributed by atoms with Crippen molar-refractivity contribution >= 4 is 0 Å². The molecule has 1 heterocycles. The zero-order chi connectivity index (χ0) is 5.98. The van der Waals surface area contributed by atoms with Crippen molar-refractivity contribution in [3.63, 3.8) is 0 Å². The van der Waals surface area contributed by atoms with Gasteiger partial charge in [-0.15, -0.1) is 0 Å². The number of likely N-dealkylation sites (tertiary alicyclic amines) is 1. The Hall–Kier alpha value is -0.170. The summed E-state index contributed by atoms with van der Waals surface area (Å²) in [6.45, 7) is 3.43. The van der Waals surface area contributed by atoms with Gasteiger partial charge in [0.1, 0.15) is 0 Å². The lowest BCUT2D eigenvalue weighted by molar-refractivity contribution is 0.342. The molecule has 1 aliphatic heterocycles. The normalized spacial score (nSPS) is 31.0. The maximum Gasteiger partial charge on any atom is 0.150 e. The van der Waals surface area contributed by atoms with Crippen LogP contribution in [0.25, 0.3) is 0 Å². The summed E-state index contributed by atoms with van der Waals surface area (Å²) in [4.78, 5) is 2.40. The van der Waals surface area contributed by atoms with E-state index in [0.29, 0.717) is 0 Å². The first-order valence-electron chi connectivity index (χ1n) is 3.34. The smallest absolute Gasteiger partial charge is 0.150 e. The molecule has 8 heavy (non-hydrogen) atoms. The zero-order valence-corrected chi connectivity index (χ0v) is 5.72. The molecule has 1 heteroatoms. The molecule has 0 spiro atoms. The molecule has 1 unspecified atom stereocenters. The second kappa shape index (κ2) is 2.40. The van der Waals surface area contributed by atoms with Gasteiger partial charge in [0.05, 0.1) is 13.3 Å². The standard InChI is InChI=1S/C7H14N/c1-3-7-5-4-6-8(7)2/h3,7H,4-6H2,1-2H3/q+1. The molecule has 0 aromatic carbocycles. The van der Waals surface area contributed by atoms with Gasteiger partial charge in [-0.3, -0.25) is 4.90 Å². The van der Waals surface area contributed by atoms with Crippen LogP contribution >= 0.6 is 0 Å². The highest BCUT2D eigenvalue weighted by Gasteiger charge is 2.24. The highest BCUT2D eigenvalue weighted by Crippen LogP contribution is 2.15. The summed E-state index contributed by atoms with van der Waals surface area (Å²) in [6.07, 6.45) is 5.03. The van der Waals surface area contributed by atoms with Crippen LogP contribution < -0.4 is 0 Å². The zero-order valence-electron chi connectivity index (χ0n) is 5.72. The molecule has 0 radical (unpaired) electrons. The molecular weight excluding hydrogens is 98.1 g/mol. The highest BCUT2D eigenvalue weighted by atomic mass is 15.1. The van der Waals surface area contributed by atoms with Gasteiger partial charge in [-0.2, -0.15) is 0 Å². The van der Waals surface area contributed by atoms with Crippen molar-refractivity contribution in [2.75, 3.05) is 13.6 Å². The molecule has 1 rings (SSSR count). The van der Waals surface area contributed by atoms with Gasteiger partial charge in [-0.05, 0) is 13.5 Å². The van der Waals surface area contributed by atoms with Crippen LogP contribution in [-0.4, -0.2) is 24.5 Å². The van der Waals surface area contributed by atoms with Crippen molar-refractivity contribution in [1.29, 1.82) is 0 Å². The van der Waals surface area contributed by atoms with Crippen LogP contribution in [0.2, 0.25) is 0 Å². The Balaban J connectivity index is 2.30. The van der Waals surface area contributed by atoms with E-state index in [9.17, 15) is 0 Å². The monoisotopic (exact) mass is 112 g/mol.